The summed E-state index contributed by atoms with van der Waals surface area (Å²) in [6.07, 6.45) is 23.0. The minimum absolute atomic E-state index is 0.338. The van der Waals surface area contributed by atoms with Crippen LogP contribution in [0.2, 0.25) is 0 Å². The first kappa shape index (κ1) is 165. The molecule has 0 bridgehead atoms. The summed E-state index contributed by atoms with van der Waals surface area (Å²) >= 11 is 8.17. The maximum Gasteiger partial charge on any atom is 0.110 e. The molecule has 12 heterocycles. The zero-order valence-corrected chi connectivity index (χ0v) is 106. The lowest BCUT2D eigenvalue weighted by atomic mass is 10.1. The van der Waals surface area contributed by atoms with Crippen LogP contribution in [0.15, 0.2) is 0 Å². The second kappa shape index (κ2) is 133. The van der Waals surface area contributed by atoms with Crippen LogP contribution in [-0.4, -0.2) is 270 Å². The van der Waals surface area contributed by atoms with E-state index in [1.165, 1.54) is 157 Å². The van der Waals surface area contributed by atoms with Crippen LogP contribution in [0, 0.1) is 0 Å². The molecule has 0 aromatic heterocycles. The first-order valence-corrected chi connectivity index (χ1v) is 62.7. The van der Waals surface area contributed by atoms with E-state index in [4.69, 9.17) is 18.9 Å². The van der Waals surface area contributed by atoms with Crippen LogP contribution in [0.4, 0.5) is 0 Å². The molecule has 0 aromatic rings. The van der Waals surface area contributed by atoms with E-state index in [0.29, 0.717) is 115 Å². The molecule has 17 N–H and O–H groups in total. The highest BCUT2D eigenvalue weighted by molar-refractivity contribution is 8.01. The van der Waals surface area contributed by atoms with Crippen molar-refractivity contribution in [3.63, 3.8) is 0 Å². The highest BCUT2D eigenvalue weighted by Crippen LogP contribution is 2.26. The van der Waals surface area contributed by atoms with Gasteiger partial charge in [-0.1, -0.05) is 290 Å². The molecular formula is C112H267N17O4S4. The van der Waals surface area contributed by atoms with Gasteiger partial charge < -0.3 is 88.1 Å². The fourth-order valence-electron chi connectivity index (χ4n) is 13.3. The molecule has 13 aliphatic rings. The van der Waals surface area contributed by atoms with Gasteiger partial charge in [-0.05, 0) is 203 Å². The molecule has 137 heavy (non-hydrogen) atoms. The molecule has 13 rings (SSSR count). The van der Waals surface area contributed by atoms with Crippen LogP contribution in [0.3, 0.4) is 0 Å². The predicted octanol–water partition coefficient (Wildman–Crippen LogP) is 25.5. The Morgan fingerprint density at radius 1 is 0.219 bits per heavy atom. The van der Waals surface area contributed by atoms with E-state index in [0.717, 1.165) is 100 Å². The van der Waals surface area contributed by atoms with Crippen molar-refractivity contribution in [3.05, 3.63) is 0 Å². The maximum absolute atomic E-state index is 5.35. The second-order valence-electron chi connectivity index (χ2n) is 36.0. The van der Waals surface area contributed by atoms with E-state index in [1.807, 2.05) is 204 Å². The molecule has 0 spiro atoms. The van der Waals surface area contributed by atoms with Gasteiger partial charge in [0, 0.05) is 171 Å². The number of rotatable bonds is 26. The van der Waals surface area contributed by atoms with Crippen LogP contribution in [0.25, 0.3) is 0 Å². The first-order valence-electron chi connectivity index (χ1n) is 58.3. The Labute approximate surface area is 883 Å². The summed E-state index contributed by atoms with van der Waals surface area (Å²) in [4.78, 5) is 0. The first-order chi connectivity index (χ1) is 65.7. The van der Waals surface area contributed by atoms with Crippen molar-refractivity contribution in [1.29, 1.82) is 0 Å². The van der Waals surface area contributed by atoms with Gasteiger partial charge in [-0.3, -0.25) is 21.3 Å². The van der Waals surface area contributed by atoms with Crippen LogP contribution in [0.5, 0.6) is 0 Å². The zero-order valence-electron chi connectivity index (χ0n) is 103. The molecule has 0 aromatic carbocycles. The van der Waals surface area contributed by atoms with Gasteiger partial charge in [0.25, 0.3) is 0 Å². The molecular weight excluding hydrogens is 1780 g/mol. The van der Waals surface area contributed by atoms with Crippen molar-refractivity contribution in [2.24, 2.45) is 0 Å². The standard InChI is InChI=1S/C8H17N.2C7H16N2.2C7H15NO.2C7H15NS.2C6H14N2.2C6H13NO.2C6H13NS.13C2H6/c1-7(2)9-8-5-3-4-6-8;1-6(2)9-7-3-4-8-5-7;1-6(2)9-7-4-3-5-8-7;1-6(2)8-7-3-4-9-5-7;1-6(2)8-7-4-3-5-9-7;1-6(2)8-7-3-4-9-5-7;1-6(2)8-7-4-3-5-9-7;1-5(2)8-6-3-7-4-6;1-5(2)8-6-3-4-7-6;1-5(2)7-6-3-8-4-6;1-5(2)7-6-3-4-8-6;1-5(2)7-6-3-8-4-6;1-5(2)7-6-3-4-8-6;13*1-2/h7-9H,3-6H2,1-2H3;2*6-9H,3-5H2,1-2H3;4*6-8H,3-5H2,1-2H3;2*5-8H,3-4H2,1-2H3;4*5-7H,3-4H2,1-2H3;13*1-2H3. The van der Waals surface area contributed by atoms with Crippen molar-refractivity contribution in [1.82, 2.24) is 90.4 Å². The van der Waals surface area contributed by atoms with E-state index in [1.54, 1.807) is 0 Å². The molecule has 1 saturated carbocycles. The van der Waals surface area contributed by atoms with Crippen LogP contribution in [-0.2, 0) is 18.9 Å². The van der Waals surface area contributed by atoms with Crippen LogP contribution >= 0.6 is 47.0 Å². The van der Waals surface area contributed by atoms with Gasteiger partial charge in [0.15, 0.2) is 0 Å². The molecule has 9 unspecified atom stereocenters. The average Bonchev–Trinajstić information content (AvgIpc) is 1.50. The topological polar surface area (TPSA) is 241 Å². The Bertz CT molecular complexity index is 1610. The van der Waals surface area contributed by atoms with E-state index >= 15 is 0 Å². The number of nitrogens with one attached hydrogen (secondary N) is 17. The van der Waals surface area contributed by atoms with Crippen LogP contribution < -0.4 is 90.4 Å². The molecule has 0 radical (unpaired) electrons. The van der Waals surface area contributed by atoms with Crippen molar-refractivity contribution < 1.29 is 18.9 Å². The molecule has 12 aliphatic heterocycles. The summed E-state index contributed by atoms with van der Waals surface area (Å²) in [5.41, 5.74) is 0. The minimum Gasteiger partial charge on any atom is -0.380 e. The molecule has 0 amide bonds. The lowest BCUT2D eigenvalue weighted by Gasteiger charge is -2.30. The normalized spacial score (nSPS) is 21.6. The number of hydrogen-bond donors (Lipinski definition) is 17. The Hall–Kier alpha value is 0.560. The van der Waals surface area contributed by atoms with Gasteiger partial charge in [-0.15, -0.1) is 23.5 Å². The van der Waals surface area contributed by atoms with E-state index in [2.05, 4.69) is 294 Å². The highest BCUT2D eigenvalue weighted by atomic mass is 32.2. The molecule has 9 atom stereocenters. The van der Waals surface area contributed by atoms with Crippen molar-refractivity contribution in [2.45, 2.75) is 619 Å². The second-order valence-corrected chi connectivity index (χ2v) is 40.9. The molecule has 21 nitrogen and oxygen atoms in total. The Balaban J connectivity index is -0.000000108. The zero-order chi connectivity index (χ0) is 109. The summed E-state index contributed by atoms with van der Waals surface area (Å²) in [5, 5.41) is 59.2. The predicted molar refractivity (Wildman–Crippen MR) is 643 cm³/mol. The van der Waals surface area contributed by atoms with Gasteiger partial charge >= 0.3 is 0 Å². The molecule has 12 saturated heterocycles. The summed E-state index contributed by atoms with van der Waals surface area (Å²) in [6.45, 7) is 121. The molecule has 1 aliphatic carbocycles. The monoisotopic (exact) mass is 2040 g/mol. The quantitative estimate of drug-likeness (QED) is 0.0385. The minimum atomic E-state index is 0.338. The van der Waals surface area contributed by atoms with Crippen molar-refractivity contribution >= 4 is 47.0 Å². The summed E-state index contributed by atoms with van der Waals surface area (Å²) in [5.74, 6) is 8.01. The molecule has 25 heteroatoms. The maximum atomic E-state index is 5.35. The van der Waals surface area contributed by atoms with E-state index < -0.39 is 0 Å². The Morgan fingerprint density at radius 3 is 0.825 bits per heavy atom. The third-order valence-electron chi connectivity index (χ3n) is 18.6. The van der Waals surface area contributed by atoms with E-state index in [9.17, 15) is 0 Å². The number of ether oxygens (including phenoxy) is 4. The third kappa shape index (κ3) is 131. The lowest BCUT2D eigenvalue weighted by Crippen LogP contribution is -2.57. The fraction of sp³-hybridized carbons (Fsp3) is 1.00. The summed E-state index contributed by atoms with van der Waals surface area (Å²) in [7, 11) is 0. The van der Waals surface area contributed by atoms with Crippen molar-refractivity contribution in [2.75, 3.05) is 113 Å². The highest BCUT2D eigenvalue weighted by Gasteiger charge is 2.24. The number of hydrogen-bond acceptors (Lipinski definition) is 25. The van der Waals surface area contributed by atoms with Crippen molar-refractivity contribution in [3.8, 4) is 0 Å². The Morgan fingerprint density at radius 2 is 0.577 bits per heavy atom. The van der Waals surface area contributed by atoms with E-state index in [-0.39, 0.29) is 0 Å². The van der Waals surface area contributed by atoms with Gasteiger partial charge in [0.2, 0.25) is 0 Å². The molecule has 848 valence electrons. The van der Waals surface area contributed by atoms with Gasteiger partial charge in [0.1, 0.15) is 12.5 Å². The SMILES string of the molecule is CC.CC.CC.CC.CC.CC.CC.CC.CC.CC.CC.CC.CC.CC(C)NC1CCCC1.CC(C)NC1CCCN1.CC(C)NC1CCCO1.CC(C)NC1CCCS1.CC(C)NC1CCN1.CC(C)NC1CCNC1.CC(C)NC1CCO1.CC(C)NC1CCOC1.CC(C)NC1CCS1.CC(C)NC1CCSC1.CC(C)NC1CNC1.CC(C)NC1COC1.CC(C)NC1CSC1. The largest absolute Gasteiger partial charge is 0.380 e. The summed E-state index contributed by atoms with van der Waals surface area (Å²) < 4.78 is 20.7. The van der Waals surface area contributed by atoms with Crippen LogP contribution in [0.1, 0.15) is 463 Å². The Kier molecular flexibility index (Phi) is 160. The van der Waals surface area contributed by atoms with Gasteiger partial charge in [-0.25, -0.2) is 0 Å². The van der Waals surface area contributed by atoms with Gasteiger partial charge in [-0.2, -0.15) is 23.5 Å². The smallest absolute Gasteiger partial charge is 0.110 e. The lowest BCUT2D eigenvalue weighted by molar-refractivity contribution is -0.0746. The average molecular weight is 2040 g/mol. The fourth-order valence-corrected chi connectivity index (χ4v) is 17.3. The molecule has 13 fully saturated rings. The summed E-state index contributed by atoms with van der Waals surface area (Å²) in [6, 6.07) is 13.3. The number of thioether (sulfide) groups is 4. The van der Waals surface area contributed by atoms with Gasteiger partial charge in [0.05, 0.1) is 55.5 Å². The third-order valence-corrected chi connectivity index (χ3v) is 23.6.